The first-order valence-electron chi connectivity index (χ1n) is 9.58. The Hall–Kier alpha value is -1.79. The highest BCUT2D eigenvalue weighted by atomic mass is 16.5. The van der Waals surface area contributed by atoms with Crippen molar-refractivity contribution >= 4 is 11.6 Å². The van der Waals surface area contributed by atoms with Crippen LogP contribution in [0.1, 0.15) is 25.3 Å². The van der Waals surface area contributed by atoms with Gasteiger partial charge in [0.05, 0.1) is 6.61 Å². The van der Waals surface area contributed by atoms with Crippen LogP contribution in [0.2, 0.25) is 0 Å². The zero-order valence-electron chi connectivity index (χ0n) is 16.4. The predicted molar refractivity (Wildman–Crippen MR) is 108 cm³/mol. The van der Waals surface area contributed by atoms with Gasteiger partial charge in [-0.15, -0.1) is 0 Å². The first kappa shape index (κ1) is 20.5. The largest absolute Gasteiger partial charge is 0.396 e. The molecule has 26 heavy (non-hydrogen) atoms. The highest BCUT2D eigenvalue weighted by Crippen LogP contribution is 2.31. The van der Waals surface area contributed by atoms with E-state index in [-0.39, 0.29) is 12.0 Å². The number of benzene rings is 1. The minimum Gasteiger partial charge on any atom is -0.396 e. The Balaban J connectivity index is 1.82. The van der Waals surface area contributed by atoms with Gasteiger partial charge < -0.3 is 25.4 Å². The molecule has 1 saturated heterocycles. The van der Waals surface area contributed by atoms with Crippen molar-refractivity contribution in [1.29, 1.82) is 0 Å². The summed E-state index contributed by atoms with van der Waals surface area (Å²) in [6.45, 7) is 9.45. The summed E-state index contributed by atoms with van der Waals surface area (Å²) < 4.78 is 5.55. The van der Waals surface area contributed by atoms with E-state index in [1.807, 2.05) is 0 Å². The van der Waals surface area contributed by atoms with Crippen LogP contribution in [-0.4, -0.2) is 64.1 Å². The average molecular weight is 363 g/mol. The molecule has 146 valence electrons. The van der Waals surface area contributed by atoms with Crippen LogP contribution >= 0.6 is 0 Å². The van der Waals surface area contributed by atoms with Crippen molar-refractivity contribution in [2.45, 2.75) is 26.7 Å². The fourth-order valence-corrected chi connectivity index (χ4v) is 3.48. The molecule has 6 heteroatoms. The van der Waals surface area contributed by atoms with Crippen LogP contribution in [0.5, 0.6) is 0 Å². The monoisotopic (exact) mass is 362 g/mol. The highest BCUT2D eigenvalue weighted by molar-refractivity contribution is 5.79. The molecule has 0 amide bonds. The van der Waals surface area contributed by atoms with Gasteiger partial charge in [0.25, 0.3) is 0 Å². The summed E-state index contributed by atoms with van der Waals surface area (Å²) in [6.07, 6.45) is 1.74. The molecule has 3 N–H and O–H groups in total. The summed E-state index contributed by atoms with van der Waals surface area (Å²) in [5, 5.41) is 16.1. The lowest BCUT2D eigenvalue weighted by Crippen LogP contribution is -2.46. The quantitative estimate of drug-likeness (QED) is 0.461. The number of nitrogens with zero attached hydrogens (tertiary/aromatic N) is 2. The average Bonchev–Trinajstić information content (AvgIpc) is 3.11. The maximum atomic E-state index is 9.34. The van der Waals surface area contributed by atoms with Crippen molar-refractivity contribution in [1.82, 2.24) is 10.6 Å². The molecule has 0 aromatic heterocycles. The lowest BCUT2D eigenvalue weighted by Gasteiger charge is -2.28. The second kappa shape index (κ2) is 10.4. The van der Waals surface area contributed by atoms with Gasteiger partial charge in [-0.05, 0) is 38.3 Å². The molecule has 1 fully saturated rings. The number of hydrogen-bond acceptors (Lipinski definition) is 4. The number of ether oxygens (including phenoxy) is 1. The van der Waals surface area contributed by atoms with Gasteiger partial charge in [-0.25, -0.2) is 0 Å². The van der Waals surface area contributed by atoms with Gasteiger partial charge in [0.1, 0.15) is 0 Å². The summed E-state index contributed by atoms with van der Waals surface area (Å²) in [5.41, 5.74) is 2.59. The number of aliphatic hydroxyl groups is 1. The molecule has 1 aromatic rings. The third-order valence-electron chi connectivity index (χ3n) is 5.19. The van der Waals surface area contributed by atoms with E-state index < -0.39 is 0 Å². The van der Waals surface area contributed by atoms with E-state index in [4.69, 9.17) is 4.74 Å². The molecule has 1 aromatic carbocycles. The van der Waals surface area contributed by atoms with Crippen LogP contribution in [0, 0.1) is 12.3 Å². The van der Waals surface area contributed by atoms with Crippen molar-refractivity contribution in [2.24, 2.45) is 10.4 Å². The predicted octanol–water partition coefficient (Wildman–Crippen LogP) is 1.78. The van der Waals surface area contributed by atoms with E-state index in [9.17, 15) is 5.11 Å². The third kappa shape index (κ3) is 5.61. The lowest BCUT2D eigenvalue weighted by atomic mass is 9.84. The number of aryl methyl sites for hydroxylation is 1. The van der Waals surface area contributed by atoms with Gasteiger partial charge in [-0.1, -0.05) is 18.2 Å². The normalized spacial score (nSPS) is 20.2. The number of aliphatic imine (C=N–C) groups is 1. The molecule has 0 radical (unpaired) electrons. The fraction of sp³-hybridized carbons (Fsp3) is 0.650. The maximum Gasteiger partial charge on any atom is 0.191 e. The number of likely N-dealkylation sites (N-methyl/N-ethyl adjacent to an activating group) is 1. The fourth-order valence-electron chi connectivity index (χ4n) is 3.48. The van der Waals surface area contributed by atoms with Crippen molar-refractivity contribution in [3.63, 3.8) is 0 Å². The number of nitrogens with one attached hydrogen (secondary N) is 2. The zero-order valence-corrected chi connectivity index (χ0v) is 16.4. The molecule has 1 aliphatic heterocycles. The van der Waals surface area contributed by atoms with Crippen molar-refractivity contribution in [3.8, 4) is 0 Å². The van der Waals surface area contributed by atoms with Crippen LogP contribution in [0.4, 0.5) is 5.69 Å². The van der Waals surface area contributed by atoms with Gasteiger partial charge in [0.2, 0.25) is 0 Å². The number of para-hydroxylation sites is 1. The molecule has 0 saturated carbocycles. The summed E-state index contributed by atoms with van der Waals surface area (Å²) in [5.74, 6) is 0.801. The van der Waals surface area contributed by atoms with E-state index in [1.165, 1.54) is 11.3 Å². The third-order valence-corrected chi connectivity index (χ3v) is 5.19. The second-order valence-corrected chi connectivity index (χ2v) is 6.99. The van der Waals surface area contributed by atoms with Gasteiger partial charge in [-0.3, -0.25) is 4.99 Å². The Morgan fingerprint density at radius 1 is 1.35 bits per heavy atom. The van der Waals surface area contributed by atoms with E-state index in [2.05, 4.69) is 58.6 Å². The van der Waals surface area contributed by atoms with E-state index in [1.54, 1.807) is 7.05 Å². The second-order valence-electron chi connectivity index (χ2n) is 6.99. The number of anilines is 1. The van der Waals surface area contributed by atoms with Gasteiger partial charge >= 0.3 is 0 Å². The molecule has 0 aliphatic carbocycles. The van der Waals surface area contributed by atoms with Gasteiger partial charge in [0.15, 0.2) is 5.96 Å². The number of rotatable bonds is 9. The van der Waals surface area contributed by atoms with Crippen molar-refractivity contribution < 1.29 is 9.84 Å². The molecule has 6 nitrogen and oxygen atoms in total. The summed E-state index contributed by atoms with van der Waals surface area (Å²) >= 11 is 0. The molecular formula is C20H34N4O2. The first-order chi connectivity index (χ1) is 12.6. The number of hydrogen-bond donors (Lipinski definition) is 3. The molecule has 1 atom stereocenters. The van der Waals surface area contributed by atoms with E-state index >= 15 is 0 Å². The molecular weight excluding hydrogens is 328 g/mol. The van der Waals surface area contributed by atoms with Crippen LogP contribution in [0.3, 0.4) is 0 Å². The van der Waals surface area contributed by atoms with Crippen molar-refractivity contribution in [2.75, 3.05) is 57.9 Å². The van der Waals surface area contributed by atoms with E-state index in [0.717, 1.165) is 51.6 Å². The SMILES string of the molecule is CCN(CCNC(=NC)NCC1(CCO)CCOC1)c1ccccc1C. The Labute approximate surface area is 157 Å². The Morgan fingerprint density at radius 3 is 2.77 bits per heavy atom. The maximum absolute atomic E-state index is 9.34. The summed E-state index contributed by atoms with van der Waals surface area (Å²) in [7, 11) is 1.79. The van der Waals surface area contributed by atoms with Crippen molar-refractivity contribution in [3.05, 3.63) is 29.8 Å². The van der Waals surface area contributed by atoms with E-state index in [0.29, 0.717) is 6.61 Å². The highest BCUT2D eigenvalue weighted by Gasteiger charge is 2.34. The smallest absolute Gasteiger partial charge is 0.191 e. The first-order valence-corrected chi connectivity index (χ1v) is 9.58. The molecule has 1 aliphatic rings. The number of aliphatic hydroxyl groups excluding tert-OH is 1. The topological polar surface area (TPSA) is 69.1 Å². The molecule has 0 bridgehead atoms. The molecule has 1 unspecified atom stereocenters. The Kier molecular flexibility index (Phi) is 8.19. The van der Waals surface area contributed by atoms with Crippen LogP contribution < -0.4 is 15.5 Å². The molecule has 1 heterocycles. The van der Waals surface area contributed by atoms with Gasteiger partial charge in [-0.2, -0.15) is 0 Å². The standard InChI is InChI=1S/C20H34N4O2/c1-4-24(18-8-6-5-7-17(18)2)12-11-22-19(21-3)23-15-20(9-13-25)10-14-26-16-20/h5-8,25H,4,9-16H2,1-3H3,(H2,21,22,23). The van der Waals surface area contributed by atoms with Crippen LogP contribution in [0.15, 0.2) is 29.3 Å². The lowest BCUT2D eigenvalue weighted by molar-refractivity contribution is 0.127. The summed E-state index contributed by atoms with van der Waals surface area (Å²) in [4.78, 5) is 6.69. The molecule has 0 spiro atoms. The minimum absolute atomic E-state index is 0.0168. The zero-order chi connectivity index (χ0) is 18.8. The van der Waals surface area contributed by atoms with Crippen LogP contribution in [0.25, 0.3) is 0 Å². The summed E-state index contributed by atoms with van der Waals surface area (Å²) in [6, 6.07) is 8.48. The van der Waals surface area contributed by atoms with Crippen LogP contribution in [-0.2, 0) is 4.74 Å². The Morgan fingerprint density at radius 2 is 2.15 bits per heavy atom. The van der Waals surface area contributed by atoms with Gasteiger partial charge in [0, 0.05) is 57.5 Å². The number of guanidine groups is 1. The minimum atomic E-state index is 0.0168. The molecule has 2 rings (SSSR count). The Bertz CT molecular complexity index is 571.